The summed E-state index contributed by atoms with van der Waals surface area (Å²) in [5.74, 6) is -0.284. The Bertz CT molecular complexity index is 521. The molecule has 1 aromatic rings. The number of nitrogens with one attached hydrogen (secondary N) is 1. The number of benzene rings is 1. The topological polar surface area (TPSA) is 41.6 Å². The Morgan fingerprint density at radius 3 is 2.30 bits per heavy atom. The van der Waals surface area contributed by atoms with Crippen LogP contribution in [-0.2, 0) is 4.79 Å². The highest BCUT2D eigenvalue weighted by Gasteiger charge is 2.31. The molecule has 1 heterocycles. The standard InChI is InChI=1S/C16H21F3N2O2/c1-11-4-3-5-12(2)21(11)15(22)10-20-13-6-8-14(9-7-13)23-16(17,18)19/h6-9,11-12,20H,3-5,10H2,1-2H3. The van der Waals surface area contributed by atoms with Crippen LogP contribution >= 0.6 is 0 Å². The molecule has 1 N–H and O–H groups in total. The van der Waals surface area contributed by atoms with Gasteiger partial charge in [-0.2, -0.15) is 0 Å². The molecule has 23 heavy (non-hydrogen) atoms. The van der Waals surface area contributed by atoms with Crippen molar-refractivity contribution in [2.45, 2.75) is 51.6 Å². The Morgan fingerprint density at radius 1 is 1.22 bits per heavy atom. The lowest BCUT2D eigenvalue weighted by molar-refractivity contribution is -0.274. The second-order valence-corrected chi connectivity index (χ2v) is 5.86. The normalized spacial score (nSPS) is 21.9. The summed E-state index contributed by atoms with van der Waals surface area (Å²) in [5.41, 5.74) is 0.574. The van der Waals surface area contributed by atoms with Crippen molar-refractivity contribution in [2.24, 2.45) is 0 Å². The van der Waals surface area contributed by atoms with Crippen molar-refractivity contribution in [2.75, 3.05) is 11.9 Å². The van der Waals surface area contributed by atoms with Gasteiger partial charge in [0, 0.05) is 17.8 Å². The van der Waals surface area contributed by atoms with E-state index in [4.69, 9.17) is 0 Å². The number of rotatable bonds is 4. The van der Waals surface area contributed by atoms with Gasteiger partial charge in [-0.25, -0.2) is 0 Å². The molecule has 1 amide bonds. The van der Waals surface area contributed by atoms with Crippen molar-refractivity contribution in [3.05, 3.63) is 24.3 Å². The maximum absolute atomic E-state index is 12.3. The Hall–Kier alpha value is -1.92. The quantitative estimate of drug-likeness (QED) is 0.913. The molecule has 4 nitrogen and oxygen atoms in total. The number of ether oxygens (including phenoxy) is 1. The third kappa shape index (κ3) is 5.04. The highest BCUT2D eigenvalue weighted by atomic mass is 19.4. The van der Waals surface area contributed by atoms with Gasteiger partial charge in [-0.15, -0.1) is 13.2 Å². The van der Waals surface area contributed by atoms with Crippen molar-refractivity contribution in [3.8, 4) is 5.75 Å². The average Bonchev–Trinajstić information content (AvgIpc) is 2.45. The van der Waals surface area contributed by atoms with Crippen molar-refractivity contribution in [1.29, 1.82) is 0 Å². The summed E-state index contributed by atoms with van der Waals surface area (Å²) in [6.45, 7) is 4.20. The Labute approximate surface area is 133 Å². The van der Waals surface area contributed by atoms with Crippen LogP contribution in [0.3, 0.4) is 0 Å². The summed E-state index contributed by atoms with van der Waals surface area (Å²) in [5, 5.41) is 2.94. The predicted molar refractivity (Wildman–Crippen MR) is 81.2 cm³/mol. The van der Waals surface area contributed by atoms with Gasteiger partial charge in [-0.05, 0) is 57.4 Å². The lowest BCUT2D eigenvalue weighted by atomic mass is 9.97. The number of hydrogen-bond donors (Lipinski definition) is 1. The zero-order valence-corrected chi connectivity index (χ0v) is 13.2. The number of piperidine rings is 1. The number of nitrogens with zero attached hydrogens (tertiary/aromatic N) is 1. The molecule has 1 saturated heterocycles. The van der Waals surface area contributed by atoms with E-state index >= 15 is 0 Å². The van der Waals surface area contributed by atoms with Gasteiger partial charge < -0.3 is 15.0 Å². The lowest BCUT2D eigenvalue weighted by Gasteiger charge is -2.39. The number of amides is 1. The van der Waals surface area contributed by atoms with E-state index in [1.54, 1.807) is 0 Å². The summed E-state index contributed by atoms with van der Waals surface area (Å²) in [4.78, 5) is 14.2. The minimum Gasteiger partial charge on any atom is -0.406 e. The zero-order chi connectivity index (χ0) is 17.0. The Morgan fingerprint density at radius 2 is 1.78 bits per heavy atom. The number of carbonyl (C=O) groups is 1. The third-order valence-electron chi connectivity index (χ3n) is 4.01. The lowest BCUT2D eigenvalue weighted by Crippen LogP contribution is -2.49. The van der Waals surface area contributed by atoms with Gasteiger partial charge in [0.15, 0.2) is 0 Å². The molecule has 0 saturated carbocycles. The highest BCUT2D eigenvalue weighted by molar-refractivity contribution is 5.81. The summed E-state index contributed by atoms with van der Waals surface area (Å²) in [7, 11) is 0. The summed E-state index contributed by atoms with van der Waals surface area (Å²) in [6, 6.07) is 5.78. The fourth-order valence-corrected chi connectivity index (χ4v) is 2.96. The fourth-order valence-electron chi connectivity index (χ4n) is 2.96. The van der Waals surface area contributed by atoms with Crippen molar-refractivity contribution < 1.29 is 22.7 Å². The van der Waals surface area contributed by atoms with Gasteiger partial charge in [0.2, 0.25) is 5.91 Å². The Kier molecular flexibility index (Phi) is 5.38. The fraction of sp³-hybridized carbons (Fsp3) is 0.562. The van der Waals surface area contributed by atoms with Gasteiger partial charge in [0.05, 0.1) is 6.54 Å². The van der Waals surface area contributed by atoms with E-state index in [1.807, 2.05) is 18.7 Å². The maximum Gasteiger partial charge on any atom is 0.573 e. The van der Waals surface area contributed by atoms with E-state index in [9.17, 15) is 18.0 Å². The molecule has 128 valence electrons. The molecule has 0 spiro atoms. The first-order chi connectivity index (χ1) is 10.8. The number of hydrogen-bond acceptors (Lipinski definition) is 3. The molecule has 0 aromatic heterocycles. The van der Waals surface area contributed by atoms with E-state index in [0.717, 1.165) is 19.3 Å². The van der Waals surface area contributed by atoms with Crippen molar-refractivity contribution >= 4 is 11.6 Å². The van der Waals surface area contributed by atoms with Crippen LogP contribution in [0.5, 0.6) is 5.75 Å². The first kappa shape index (κ1) is 17.4. The monoisotopic (exact) mass is 330 g/mol. The first-order valence-corrected chi connectivity index (χ1v) is 7.67. The number of likely N-dealkylation sites (tertiary alicyclic amines) is 1. The number of anilines is 1. The first-order valence-electron chi connectivity index (χ1n) is 7.67. The maximum atomic E-state index is 12.3. The van der Waals surface area contributed by atoms with Crippen LogP contribution in [0.4, 0.5) is 18.9 Å². The molecule has 1 aliphatic heterocycles. The van der Waals surface area contributed by atoms with Gasteiger partial charge in [-0.1, -0.05) is 0 Å². The van der Waals surface area contributed by atoms with Gasteiger partial charge >= 0.3 is 6.36 Å². The van der Waals surface area contributed by atoms with E-state index in [0.29, 0.717) is 5.69 Å². The Balaban J connectivity index is 1.89. The summed E-state index contributed by atoms with van der Waals surface area (Å²) >= 11 is 0. The number of alkyl halides is 3. The van der Waals surface area contributed by atoms with Gasteiger partial charge in [0.25, 0.3) is 0 Å². The number of carbonyl (C=O) groups excluding carboxylic acids is 1. The minimum atomic E-state index is -4.70. The molecule has 1 fully saturated rings. The van der Waals surface area contributed by atoms with E-state index < -0.39 is 6.36 Å². The van der Waals surface area contributed by atoms with E-state index in [2.05, 4.69) is 10.1 Å². The van der Waals surface area contributed by atoms with Crippen LogP contribution in [0.1, 0.15) is 33.1 Å². The largest absolute Gasteiger partial charge is 0.573 e. The molecule has 7 heteroatoms. The average molecular weight is 330 g/mol. The molecule has 0 aliphatic carbocycles. The minimum absolute atomic E-state index is 0.000294. The van der Waals surface area contributed by atoms with Crippen LogP contribution in [-0.4, -0.2) is 35.8 Å². The second-order valence-electron chi connectivity index (χ2n) is 5.86. The molecular weight excluding hydrogens is 309 g/mol. The predicted octanol–water partition coefficient (Wildman–Crippen LogP) is 3.79. The smallest absolute Gasteiger partial charge is 0.406 e. The zero-order valence-electron chi connectivity index (χ0n) is 13.2. The molecule has 2 atom stereocenters. The van der Waals surface area contributed by atoms with Crippen molar-refractivity contribution in [1.82, 2.24) is 4.90 Å². The molecule has 2 unspecified atom stereocenters. The molecule has 1 aliphatic rings. The SMILES string of the molecule is CC1CCCC(C)N1C(=O)CNc1ccc(OC(F)(F)F)cc1. The molecular formula is C16H21F3N2O2. The molecule has 0 bridgehead atoms. The van der Waals surface area contributed by atoms with E-state index in [1.165, 1.54) is 24.3 Å². The van der Waals surface area contributed by atoms with Crippen LogP contribution in [0, 0.1) is 0 Å². The molecule has 2 rings (SSSR count). The van der Waals surface area contributed by atoms with Crippen LogP contribution in [0.25, 0.3) is 0 Å². The van der Waals surface area contributed by atoms with Crippen LogP contribution < -0.4 is 10.1 Å². The van der Waals surface area contributed by atoms with Crippen molar-refractivity contribution in [3.63, 3.8) is 0 Å². The summed E-state index contributed by atoms with van der Waals surface area (Å²) in [6.07, 6.45) is -1.58. The van der Waals surface area contributed by atoms with Crippen LogP contribution in [0.2, 0.25) is 0 Å². The summed E-state index contributed by atoms with van der Waals surface area (Å²) < 4.78 is 40.1. The van der Waals surface area contributed by atoms with Gasteiger partial charge in [-0.3, -0.25) is 4.79 Å². The van der Waals surface area contributed by atoms with Crippen LogP contribution in [0.15, 0.2) is 24.3 Å². The molecule has 0 radical (unpaired) electrons. The second kappa shape index (κ2) is 7.10. The highest BCUT2D eigenvalue weighted by Crippen LogP contribution is 2.25. The number of halogens is 3. The third-order valence-corrected chi connectivity index (χ3v) is 4.01. The van der Waals surface area contributed by atoms with E-state index in [-0.39, 0.29) is 30.3 Å². The van der Waals surface area contributed by atoms with Gasteiger partial charge in [0.1, 0.15) is 5.75 Å². The molecule has 1 aromatic carbocycles.